The van der Waals surface area contributed by atoms with Crippen molar-refractivity contribution in [3.8, 4) is 0 Å². The minimum Gasteiger partial charge on any atom is -0.338 e. The van der Waals surface area contributed by atoms with Crippen molar-refractivity contribution in [2.24, 2.45) is 0 Å². The number of hydrogen-bond donors (Lipinski definition) is 2. The maximum absolute atomic E-state index is 13.0. The lowest BCUT2D eigenvalue weighted by Gasteiger charge is -2.18. The van der Waals surface area contributed by atoms with Crippen LogP contribution in [0.2, 0.25) is 0 Å². The van der Waals surface area contributed by atoms with Crippen LogP contribution in [0.15, 0.2) is 72.8 Å². The number of carbonyl (C=O) groups excluding carboxylic acids is 2. The van der Waals surface area contributed by atoms with E-state index in [1.165, 1.54) is 5.56 Å². The number of anilines is 2. The van der Waals surface area contributed by atoms with Crippen molar-refractivity contribution in [1.82, 2.24) is 5.32 Å². The Morgan fingerprint density at radius 2 is 1.73 bits per heavy atom. The van der Waals surface area contributed by atoms with Crippen molar-refractivity contribution >= 4 is 23.3 Å². The molecule has 0 bridgehead atoms. The third kappa shape index (κ3) is 4.51. The molecule has 0 aromatic heterocycles. The molecule has 0 unspecified atom stereocenters. The Bertz CT molecular complexity index is 1050. The highest BCUT2D eigenvalue weighted by atomic mass is 16.2. The van der Waals surface area contributed by atoms with Crippen LogP contribution in [0.1, 0.15) is 27.0 Å². The van der Waals surface area contributed by atoms with Crippen molar-refractivity contribution in [3.05, 3.63) is 95.1 Å². The lowest BCUT2D eigenvalue weighted by Crippen LogP contribution is -2.31. The van der Waals surface area contributed by atoms with Gasteiger partial charge in [-0.05, 0) is 55.2 Å². The lowest BCUT2D eigenvalue weighted by molar-refractivity contribution is 0.0989. The molecular formula is C25H25N3O2. The third-order valence-electron chi connectivity index (χ3n) is 5.32. The van der Waals surface area contributed by atoms with E-state index >= 15 is 0 Å². The second-order valence-corrected chi connectivity index (χ2v) is 7.53. The maximum atomic E-state index is 13.0. The van der Waals surface area contributed by atoms with E-state index in [0.717, 1.165) is 29.7 Å². The SMILES string of the molecule is Cc1ccc(C(=O)N2CCc3ccc(NC(=O)NCCc4ccccc4)cc32)cc1. The standard InChI is InChI=1S/C25H25N3O2/c1-18-7-9-21(10-8-18)24(29)28-16-14-20-11-12-22(17-23(20)28)27-25(30)26-15-13-19-5-3-2-4-6-19/h2-12,17H,13-16H2,1H3,(H2,26,27,30). The highest BCUT2D eigenvalue weighted by Gasteiger charge is 2.26. The fourth-order valence-electron chi connectivity index (χ4n) is 3.66. The van der Waals surface area contributed by atoms with Crippen LogP contribution in [0, 0.1) is 6.92 Å². The number of rotatable bonds is 5. The number of amides is 3. The van der Waals surface area contributed by atoms with Crippen molar-refractivity contribution < 1.29 is 9.59 Å². The molecule has 0 saturated carbocycles. The zero-order valence-corrected chi connectivity index (χ0v) is 17.0. The number of nitrogens with one attached hydrogen (secondary N) is 2. The molecule has 1 aliphatic heterocycles. The van der Waals surface area contributed by atoms with Gasteiger partial charge in [0.25, 0.3) is 5.91 Å². The minimum atomic E-state index is -0.250. The molecule has 3 aromatic rings. The zero-order chi connectivity index (χ0) is 20.9. The molecule has 0 spiro atoms. The van der Waals surface area contributed by atoms with E-state index in [9.17, 15) is 9.59 Å². The van der Waals surface area contributed by atoms with Crippen LogP contribution in [-0.2, 0) is 12.8 Å². The van der Waals surface area contributed by atoms with E-state index in [2.05, 4.69) is 10.6 Å². The highest BCUT2D eigenvalue weighted by molar-refractivity contribution is 6.07. The number of benzene rings is 3. The molecular weight excluding hydrogens is 374 g/mol. The van der Waals surface area contributed by atoms with Gasteiger partial charge in [0.15, 0.2) is 0 Å². The topological polar surface area (TPSA) is 61.4 Å². The van der Waals surface area contributed by atoms with Gasteiger partial charge in [0.1, 0.15) is 0 Å². The van der Waals surface area contributed by atoms with Crippen LogP contribution in [0.4, 0.5) is 16.2 Å². The Morgan fingerprint density at radius 1 is 0.967 bits per heavy atom. The predicted octanol–water partition coefficient (Wildman–Crippen LogP) is 4.56. The normalized spacial score (nSPS) is 12.4. The number of fused-ring (bicyclic) bond motifs is 1. The van der Waals surface area contributed by atoms with Crippen molar-refractivity contribution in [3.63, 3.8) is 0 Å². The Kier molecular flexibility index (Phi) is 5.80. The molecule has 3 aromatic carbocycles. The van der Waals surface area contributed by atoms with E-state index in [-0.39, 0.29) is 11.9 Å². The Hall–Kier alpha value is -3.60. The Balaban J connectivity index is 1.39. The van der Waals surface area contributed by atoms with Crippen molar-refractivity contribution in [2.45, 2.75) is 19.8 Å². The van der Waals surface area contributed by atoms with Gasteiger partial charge in [-0.15, -0.1) is 0 Å². The summed E-state index contributed by atoms with van der Waals surface area (Å²) in [6.07, 6.45) is 1.59. The van der Waals surface area contributed by atoms with Crippen LogP contribution in [0.5, 0.6) is 0 Å². The van der Waals surface area contributed by atoms with Crippen LogP contribution in [0.25, 0.3) is 0 Å². The summed E-state index contributed by atoms with van der Waals surface area (Å²) < 4.78 is 0. The molecule has 152 valence electrons. The smallest absolute Gasteiger partial charge is 0.319 e. The Morgan fingerprint density at radius 3 is 2.50 bits per heavy atom. The molecule has 1 heterocycles. The summed E-state index contributed by atoms with van der Waals surface area (Å²) in [7, 11) is 0. The number of aryl methyl sites for hydroxylation is 1. The third-order valence-corrected chi connectivity index (χ3v) is 5.32. The maximum Gasteiger partial charge on any atom is 0.319 e. The number of hydrogen-bond acceptors (Lipinski definition) is 2. The summed E-state index contributed by atoms with van der Waals surface area (Å²) in [6, 6.07) is 23.1. The van der Waals surface area contributed by atoms with Crippen molar-refractivity contribution in [1.29, 1.82) is 0 Å². The minimum absolute atomic E-state index is 0.0155. The average molecular weight is 399 g/mol. The van der Waals surface area contributed by atoms with Gasteiger partial charge in [0.05, 0.1) is 0 Å². The molecule has 0 aliphatic carbocycles. The van der Waals surface area contributed by atoms with E-state index < -0.39 is 0 Å². The fourth-order valence-corrected chi connectivity index (χ4v) is 3.66. The summed E-state index contributed by atoms with van der Waals surface area (Å²) >= 11 is 0. The first-order chi connectivity index (χ1) is 14.6. The molecule has 4 rings (SSSR count). The van der Waals surface area contributed by atoms with Gasteiger partial charge >= 0.3 is 6.03 Å². The molecule has 0 saturated heterocycles. The van der Waals surface area contributed by atoms with Crippen LogP contribution in [-0.4, -0.2) is 25.0 Å². The van der Waals surface area contributed by atoms with Gasteiger partial charge in [-0.3, -0.25) is 4.79 Å². The summed E-state index contributed by atoms with van der Waals surface area (Å²) in [6.45, 7) is 3.20. The largest absolute Gasteiger partial charge is 0.338 e. The van der Waals surface area contributed by atoms with Gasteiger partial charge in [0, 0.05) is 30.0 Å². The molecule has 0 atom stereocenters. The Labute approximate surface area is 176 Å². The molecule has 0 radical (unpaired) electrons. The molecule has 1 aliphatic rings. The molecule has 2 N–H and O–H groups in total. The summed E-state index contributed by atoms with van der Waals surface area (Å²) in [5.74, 6) is -0.0155. The van der Waals surface area contributed by atoms with Crippen LogP contribution < -0.4 is 15.5 Å². The summed E-state index contributed by atoms with van der Waals surface area (Å²) in [5, 5.41) is 5.76. The first-order valence-corrected chi connectivity index (χ1v) is 10.2. The fraction of sp³-hybridized carbons (Fsp3) is 0.200. The van der Waals surface area contributed by atoms with Gasteiger partial charge in [0.2, 0.25) is 0 Å². The highest BCUT2D eigenvalue weighted by Crippen LogP contribution is 2.32. The van der Waals surface area contributed by atoms with E-state index in [0.29, 0.717) is 24.3 Å². The molecule has 5 heteroatoms. The van der Waals surface area contributed by atoms with Gasteiger partial charge in [-0.2, -0.15) is 0 Å². The van der Waals surface area contributed by atoms with E-state index in [1.807, 2.05) is 79.7 Å². The molecule has 5 nitrogen and oxygen atoms in total. The average Bonchev–Trinajstić information content (AvgIpc) is 3.18. The van der Waals surface area contributed by atoms with E-state index in [1.54, 1.807) is 4.90 Å². The number of nitrogens with zero attached hydrogens (tertiary/aromatic N) is 1. The second kappa shape index (κ2) is 8.82. The number of urea groups is 1. The second-order valence-electron chi connectivity index (χ2n) is 7.53. The van der Waals surface area contributed by atoms with Crippen molar-refractivity contribution in [2.75, 3.05) is 23.3 Å². The first-order valence-electron chi connectivity index (χ1n) is 10.2. The molecule has 30 heavy (non-hydrogen) atoms. The van der Waals surface area contributed by atoms with Crippen LogP contribution in [0.3, 0.4) is 0 Å². The lowest BCUT2D eigenvalue weighted by atomic mass is 10.1. The molecule has 3 amide bonds. The van der Waals surface area contributed by atoms with Gasteiger partial charge < -0.3 is 15.5 Å². The predicted molar refractivity (Wildman–Crippen MR) is 120 cm³/mol. The molecule has 0 fully saturated rings. The van der Waals surface area contributed by atoms with Gasteiger partial charge in [-0.1, -0.05) is 54.1 Å². The monoisotopic (exact) mass is 399 g/mol. The quantitative estimate of drug-likeness (QED) is 0.661. The van der Waals surface area contributed by atoms with Crippen LogP contribution >= 0.6 is 0 Å². The first kappa shape index (κ1) is 19.7. The summed E-state index contributed by atoms with van der Waals surface area (Å²) in [5.41, 5.74) is 5.63. The van der Waals surface area contributed by atoms with E-state index in [4.69, 9.17) is 0 Å². The summed E-state index contributed by atoms with van der Waals surface area (Å²) in [4.78, 5) is 27.0. The zero-order valence-electron chi connectivity index (χ0n) is 17.0. The van der Waals surface area contributed by atoms with Gasteiger partial charge in [-0.25, -0.2) is 4.79 Å². The number of carbonyl (C=O) groups is 2.